The largest absolute Gasteiger partial charge is 0.476 e. The van der Waals surface area contributed by atoms with Crippen molar-refractivity contribution in [3.05, 3.63) is 84.7 Å². The Kier molecular flexibility index (Phi) is 5.18. The number of pyridine rings is 1. The van der Waals surface area contributed by atoms with E-state index in [1.807, 2.05) is 6.07 Å². The summed E-state index contributed by atoms with van der Waals surface area (Å²) >= 11 is 0. The predicted octanol–water partition coefficient (Wildman–Crippen LogP) is 2.35. The second-order valence-corrected chi connectivity index (χ2v) is 8.32. The van der Waals surface area contributed by atoms with Gasteiger partial charge in [-0.15, -0.1) is 0 Å². The van der Waals surface area contributed by atoms with Crippen LogP contribution in [0.15, 0.2) is 83.9 Å². The fourth-order valence-electron chi connectivity index (χ4n) is 3.08. The second kappa shape index (κ2) is 7.92. The quantitative estimate of drug-likeness (QED) is 0.699. The Morgan fingerprint density at radius 1 is 1.03 bits per heavy atom. The maximum absolute atomic E-state index is 13.2. The van der Waals surface area contributed by atoms with Gasteiger partial charge in [0.15, 0.2) is 6.10 Å². The maximum atomic E-state index is 13.2. The molecule has 4 rings (SSSR count). The summed E-state index contributed by atoms with van der Waals surface area (Å²) in [5.41, 5.74) is 1.11. The number of fused-ring (bicyclic) bond motifs is 1. The molecule has 7 nitrogen and oxygen atoms in total. The average Bonchev–Trinajstić information content (AvgIpc) is 2.78. The number of sulfonamides is 1. The molecule has 1 aliphatic rings. The lowest BCUT2D eigenvalue weighted by Crippen LogP contribution is -2.50. The lowest BCUT2D eigenvalue weighted by molar-refractivity contribution is -0.127. The highest BCUT2D eigenvalue weighted by Crippen LogP contribution is 2.36. The van der Waals surface area contributed by atoms with Gasteiger partial charge in [-0.25, -0.2) is 8.42 Å². The molecule has 1 atom stereocenters. The molecule has 0 spiro atoms. The third-order valence-corrected chi connectivity index (χ3v) is 6.32. The minimum absolute atomic E-state index is 0.123. The molecule has 1 unspecified atom stereocenters. The summed E-state index contributed by atoms with van der Waals surface area (Å²) in [7, 11) is -3.85. The van der Waals surface area contributed by atoms with Crippen LogP contribution in [0.4, 0.5) is 5.69 Å². The van der Waals surface area contributed by atoms with Crippen molar-refractivity contribution < 1.29 is 17.9 Å². The Hall–Kier alpha value is -3.39. The Bertz CT molecular complexity index is 1110. The summed E-state index contributed by atoms with van der Waals surface area (Å²) in [4.78, 5) is 17.0. The van der Waals surface area contributed by atoms with Gasteiger partial charge in [0.1, 0.15) is 5.75 Å². The van der Waals surface area contributed by atoms with Gasteiger partial charge >= 0.3 is 0 Å². The van der Waals surface area contributed by atoms with Gasteiger partial charge < -0.3 is 10.1 Å². The number of hydrogen-bond acceptors (Lipinski definition) is 5. The van der Waals surface area contributed by atoms with Gasteiger partial charge in [0, 0.05) is 6.20 Å². The number of hydrogen-bond donors (Lipinski definition) is 1. The molecule has 148 valence electrons. The third kappa shape index (κ3) is 3.93. The zero-order valence-electron chi connectivity index (χ0n) is 15.4. The lowest BCUT2D eigenvalue weighted by Gasteiger charge is -2.34. The Balaban J connectivity index is 1.60. The van der Waals surface area contributed by atoms with Crippen LogP contribution in [0.1, 0.15) is 5.69 Å². The number of anilines is 1. The van der Waals surface area contributed by atoms with Gasteiger partial charge in [-0.1, -0.05) is 36.4 Å². The highest BCUT2D eigenvalue weighted by Gasteiger charge is 2.37. The number of carbonyl (C=O) groups excluding carboxylic acids is 1. The lowest BCUT2D eigenvalue weighted by atomic mass is 10.2. The zero-order valence-corrected chi connectivity index (χ0v) is 16.2. The summed E-state index contributed by atoms with van der Waals surface area (Å²) in [6.07, 6.45) is 0.662. The van der Waals surface area contributed by atoms with Gasteiger partial charge in [0.25, 0.3) is 15.9 Å². The number of nitrogens with one attached hydrogen (secondary N) is 1. The van der Waals surface area contributed by atoms with Crippen molar-refractivity contribution in [2.24, 2.45) is 0 Å². The van der Waals surface area contributed by atoms with Crippen LogP contribution in [0.2, 0.25) is 0 Å². The zero-order chi connectivity index (χ0) is 20.3. The van der Waals surface area contributed by atoms with Gasteiger partial charge in [-0.05, 0) is 36.4 Å². The molecule has 1 amide bonds. The Morgan fingerprint density at radius 3 is 2.52 bits per heavy atom. The van der Waals surface area contributed by atoms with Crippen molar-refractivity contribution in [2.75, 3.05) is 10.8 Å². The van der Waals surface area contributed by atoms with E-state index < -0.39 is 22.0 Å². The monoisotopic (exact) mass is 409 g/mol. The molecule has 0 saturated heterocycles. The predicted molar refractivity (Wildman–Crippen MR) is 108 cm³/mol. The fourth-order valence-corrected chi connectivity index (χ4v) is 4.58. The number of amides is 1. The summed E-state index contributed by atoms with van der Waals surface area (Å²) in [6, 6.07) is 20.3. The fraction of sp³-hybridized carbons (Fsp3) is 0.143. The van der Waals surface area contributed by atoms with Crippen molar-refractivity contribution in [1.29, 1.82) is 0 Å². The van der Waals surface area contributed by atoms with E-state index in [4.69, 9.17) is 4.74 Å². The minimum atomic E-state index is -3.85. The van der Waals surface area contributed by atoms with Gasteiger partial charge in [-0.2, -0.15) is 0 Å². The molecule has 1 aliphatic heterocycles. The molecule has 0 saturated carbocycles. The van der Waals surface area contributed by atoms with Crippen LogP contribution in [-0.4, -0.2) is 32.0 Å². The first-order chi connectivity index (χ1) is 14.1. The maximum Gasteiger partial charge on any atom is 0.264 e. The molecule has 0 bridgehead atoms. The number of nitrogens with zero attached hydrogens (tertiary/aromatic N) is 2. The highest BCUT2D eigenvalue weighted by molar-refractivity contribution is 7.92. The van der Waals surface area contributed by atoms with E-state index in [2.05, 4.69) is 10.3 Å². The highest BCUT2D eigenvalue weighted by atomic mass is 32.2. The van der Waals surface area contributed by atoms with E-state index in [9.17, 15) is 13.2 Å². The molecule has 8 heteroatoms. The molecule has 29 heavy (non-hydrogen) atoms. The molecule has 1 aromatic heterocycles. The smallest absolute Gasteiger partial charge is 0.264 e. The summed E-state index contributed by atoms with van der Waals surface area (Å²) < 4.78 is 33.5. The molecule has 0 aliphatic carbocycles. The van der Waals surface area contributed by atoms with Gasteiger partial charge in [0.05, 0.1) is 29.4 Å². The van der Waals surface area contributed by atoms with Crippen molar-refractivity contribution in [2.45, 2.75) is 17.5 Å². The molecule has 0 fully saturated rings. The summed E-state index contributed by atoms with van der Waals surface area (Å²) in [6.45, 7) is 0.106. The van der Waals surface area contributed by atoms with Gasteiger partial charge in [-0.3, -0.25) is 14.1 Å². The first kappa shape index (κ1) is 18.9. The number of benzene rings is 2. The van der Waals surface area contributed by atoms with E-state index in [0.717, 1.165) is 0 Å². The molecular formula is C21H19N3O4S. The Labute approximate surface area is 169 Å². The first-order valence-electron chi connectivity index (χ1n) is 9.07. The first-order valence-corrected chi connectivity index (χ1v) is 10.5. The van der Waals surface area contributed by atoms with Crippen molar-refractivity contribution >= 4 is 21.6 Å². The van der Waals surface area contributed by atoms with E-state index in [1.165, 1.54) is 16.4 Å². The number of rotatable bonds is 5. The molecule has 3 aromatic rings. The normalized spacial score (nSPS) is 15.9. The van der Waals surface area contributed by atoms with Crippen LogP contribution in [0, 0.1) is 0 Å². The van der Waals surface area contributed by atoms with Crippen molar-refractivity contribution in [1.82, 2.24) is 10.3 Å². The molecule has 0 radical (unpaired) electrons. The SMILES string of the molecule is O=C(NCc1ccccn1)C1CN(S(=O)(=O)c2ccccc2)c2ccccc2O1. The second-order valence-electron chi connectivity index (χ2n) is 6.46. The standard InChI is InChI=1S/C21H19N3O4S/c25-21(23-14-16-8-6-7-13-22-16)20-15-24(18-11-4-5-12-19(18)28-20)29(26,27)17-9-2-1-3-10-17/h1-13,20H,14-15H2,(H,23,25). The molecule has 2 heterocycles. The van der Waals surface area contributed by atoms with Crippen LogP contribution in [0.3, 0.4) is 0 Å². The number of para-hydroxylation sites is 2. The molecule has 1 N–H and O–H groups in total. The van der Waals surface area contributed by atoms with E-state index in [0.29, 0.717) is 17.1 Å². The average molecular weight is 409 g/mol. The van der Waals surface area contributed by atoms with E-state index >= 15 is 0 Å². The third-order valence-electron chi connectivity index (χ3n) is 4.53. The van der Waals surface area contributed by atoms with Crippen molar-refractivity contribution in [3.8, 4) is 5.75 Å². The minimum Gasteiger partial charge on any atom is -0.476 e. The topological polar surface area (TPSA) is 88.6 Å². The van der Waals surface area contributed by atoms with Gasteiger partial charge in [0.2, 0.25) is 0 Å². The molecular weight excluding hydrogens is 390 g/mol. The summed E-state index contributed by atoms with van der Waals surface area (Å²) in [5, 5.41) is 2.76. The van der Waals surface area contributed by atoms with E-state index in [-0.39, 0.29) is 18.0 Å². The molecule has 2 aromatic carbocycles. The van der Waals surface area contributed by atoms with Crippen LogP contribution in [0.25, 0.3) is 0 Å². The summed E-state index contributed by atoms with van der Waals surface area (Å²) in [5.74, 6) is -0.0605. The van der Waals surface area contributed by atoms with Crippen LogP contribution < -0.4 is 14.4 Å². The van der Waals surface area contributed by atoms with Crippen LogP contribution >= 0.6 is 0 Å². The number of aromatic nitrogens is 1. The van der Waals surface area contributed by atoms with Crippen LogP contribution in [0.5, 0.6) is 5.75 Å². The van der Waals surface area contributed by atoms with Crippen molar-refractivity contribution in [3.63, 3.8) is 0 Å². The number of ether oxygens (including phenoxy) is 1. The Morgan fingerprint density at radius 2 is 1.76 bits per heavy atom. The van der Waals surface area contributed by atoms with E-state index in [1.54, 1.807) is 60.8 Å². The van der Waals surface area contributed by atoms with Crippen LogP contribution in [-0.2, 0) is 21.4 Å². The number of carbonyl (C=O) groups is 1.